The fourth-order valence-electron chi connectivity index (χ4n) is 2.54. The molecule has 2 unspecified atom stereocenters. The average molecular weight is 263 g/mol. The summed E-state index contributed by atoms with van der Waals surface area (Å²) in [5.41, 5.74) is 0.259. The van der Waals surface area contributed by atoms with E-state index in [2.05, 4.69) is 12.2 Å². The molecule has 0 spiro atoms. The summed E-state index contributed by atoms with van der Waals surface area (Å²) in [6, 6.07) is 7.21. The largest absolute Gasteiger partial charge is 0.492 e. The number of carboxylic acids is 1. The van der Waals surface area contributed by atoms with Gasteiger partial charge in [0.2, 0.25) is 0 Å². The van der Waals surface area contributed by atoms with Crippen LogP contribution in [0.15, 0.2) is 24.3 Å². The van der Waals surface area contributed by atoms with Crippen LogP contribution in [0.4, 0.5) is 0 Å². The first-order valence-corrected chi connectivity index (χ1v) is 6.84. The monoisotopic (exact) mass is 263 g/mol. The lowest BCUT2D eigenvalue weighted by Gasteiger charge is -2.13. The van der Waals surface area contributed by atoms with Gasteiger partial charge >= 0.3 is 5.97 Å². The van der Waals surface area contributed by atoms with Crippen LogP contribution in [0.3, 0.4) is 0 Å². The van der Waals surface area contributed by atoms with Crippen LogP contribution in [0.1, 0.15) is 36.5 Å². The summed E-state index contributed by atoms with van der Waals surface area (Å²) in [6.07, 6.45) is 3.79. The number of hydrogen-bond donors (Lipinski definition) is 2. The molecular formula is C15H21NO3. The minimum absolute atomic E-state index is 0.259. The molecule has 0 bridgehead atoms. The Kier molecular flexibility index (Phi) is 4.80. The van der Waals surface area contributed by atoms with E-state index in [1.807, 2.05) is 0 Å². The van der Waals surface area contributed by atoms with Gasteiger partial charge in [-0.15, -0.1) is 0 Å². The fourth-order valence-corrected chi connectivity index (χ4v) is 2.54. The summed E-state index contributed by atoms with van der Waals surface area (Å²) in [5, 5.41) is 12.4. The zero-order valence-electron chi connectivity index (χ0n) is 11.3. The molecule has 104 valence electrons. The van der Waals surface area contributed by atoms with Gasteiger partial charge in [0.25, 0.3) is 0 Å². The number of hydrogen-bond acceptors (Lipinski definition) is 3. The van der Waals surface area contributed by atoms with E-state index in [-0.39, 0.29) is 5.56 Å². The number of carbonyl (C=O) groups is 1. The van der Waals surface area contributed by atoms with Crippen molar-refractivity contribution in [2.45, 2.75) is 32.2 Å². The van der Waals surface area contributed by atoms with E-state index in [0.717, 1.165) is 12.5 Å². The molecule has 1 aliphatic rings. The van der Waals surface area contributed by atoms with Crippen LogP contribution in [0.5, 0.6) is 5.75 Å². The zero-order valence-corrected chi connectivity index (χ0v) is 11.3. The number of ether oxygens (including phenoxy) is 1. The molecule has 1 aromatic carbocycles. The first kappa shape index (κ1) is 13.9. The highest BCUT2D eigenvalue weighted by atomic mass is 16.5. The Morgan fingerprint density at radius 3 is 3.00 bits per heavy atom. The number of nitrogens with one attached hydrogen (secondary N) is 1. The molecule has 4 heteroatoms. The Morgan fingerprint density at radius 1 is 1.47 bits per heavy atom. The molecule has 0 aliphatic heterocycles. The van der Waals surface area contributed by atoms with E-state index in [9.17, 15) is 4.79 Å². The molecule has 0 amide bonds. The highest BCUT2D eigenvalue weighted by Gasteiger charge is 2.20. The van der Waals surface area contributed by atoms with E-state index in [1.54, 1.807) is 24.3 Å². The predicted molar refractivity (Wildman–Crippen MR) is 73.7 cm³/mol. The molecular weight excluding hydrogens is 242 g/mol. The molecule has 2 atom stereocenters. The fraction of sp³-hybridized carbons (Fsp3) is 0.533. The number of carboxylic acid groups (broad SMARTS) is 1. The smallest absolute Gasteiger partial charge is 0.335 e. The van der Waals surface area contributed by atoms with Crippen LogP contribution in [-0.2, 0) is 0 Å². The summed E-state index contributed by atoms with van der Waals surface area (Å²) in [5.74, 6) is 0.510. The van der Waals surface area contributed by atoms with Crippen LogP contribution < -0.4 is 10.1 Å². The van der Waals surface area contributed by atoms with Gasteiger partial charge in [0, 0.05) is 12.6 Å². The van der Waals surface area contributed by atoms with Crippen molar-refractivity contribution in [1.29, 1.82) is 0 Å². The molecule has 4 nitrogen and oxygen atoms in total. The van der Waals surface area contributed by atoms with Gasteiger partial charge in [0.15, 0.2) is 0 Å². The number of rotatable bonds is 6. The lowest BCUT2D eigenvalue weighted by Crippen LogP contribution is -2.30. The number of aromatic carboxylic acids is 1. The molecule has 19 heavy (non-hydrogen) atoms. The second-order valence-electron chi connectivity index (χ2n) is 5.25. The third kappa shape index (κ3) is 4.24. The lowest BCUT2D eigenvalue weighted by molar-refractivity contribution is 0.0696. The van der Waals surface area contributed by atoms with Crippen molar-refractivity contribution in [3.8, 4) is 5.75 Å². The molecule has 0 aromatic heterocycles. The van der Waals surface area contributed by atoms with E-state index in [4.69, 9.17) is 9.84 Å². The molecule has 1 fully saturated rings. The first-order valence-electron chi connectivity index (χ1n) is 6.84. The zero-order chi connectivity index (χ0) is 13.7. The summed E-state index contributed by atoms with van der Waals surface area (Å²) < 4.78 is 5.56. The highest BCUT2D eigenvalue weighted by Crippen LogP contribution is 2.24. The van der Waals surface area contributed by atoms with Crippen molar-refractivity contribution >= 4 is 5.97 Å². The molecule has 0 radical (unpaired) electrons. The summed E-state index contributed by atoms with van der Waals surface area (Å²) in [7, 11) is 0. The van der Waals surface area contributed by atoms with Gasteiger partial charge in [0.05, 0.1) is 5.56 Å². The predicted octanol–water partition coefficient (Wildman–Crippen LogP) is 2.54. The van der Waals surface area contributed by atoms with Crippen molar-refractivity contribution in [2.24, 2.45) is 5.92 Å². The van der Waals surface area contributed by atoms with Gasteiger partial charge in [-0.3, -0.25) is 0 Å². The van der Waals surface area contributed by atoms with Crippen molar-refractivity contribution in [3.05, 3.63) is 29.8 Å². The lowest BCUT2D eigenvalue weighted by atomic mass is 10.1. The minimum Gasteiger partial charge on any atom is -0.492 e. The van der Waals surface area contributed by atoms with Gasteiger partial charge in [-0.2, -0.15) is 0 Å². The van der Waals surface area contributed by atoms with Gasteiger partial charge in [0.1, 0.15) is 12.4 Å². The van der Waals surface area contributed by atoms with Gasteiger partial charge in [-0.25, -0.2) is 4.79 Å². The average Bonchev–Trinajstić information content (AvgIpc) is 2.81. The van der Waals surface area contributed by atoms with Crippen molar-refractivity contribution < 1.29 is 14.6 Å². The standard InChI is InChI=1S/C15H21NO3/c1-11-5-6-13(9-11)16-7-8-19-14-4-2-3-12(10-14)15(17)18/h2-4,10-11,13,16H,5-9H2,1H3,(H,17,18). The van der Waals surface area contributed by atoms with Crippen LogP contribution in [0, 0.1) is 5.92 Å². The van der Waals surface area contributed by atoms with Crippen molar-refractivity contribution in [1.82, 2.24) is 5.32 Å². The Morgan fingerprint density at radius 2 is 2.32 bits per heavy atom. The second kappa shape index (κ2) is 6.57. The van der Waals surface area contributed by atoms with E-state index in [0.29, 0.717) is 18.4 Å². The maximum absolute atomic E-state index is 10.8. The molecule has 2 N–H and O–H groups in total. The minimum atomic E-state index is -0.927. The molecule has 1 aliphatic carbocycles. The molecule has 2 rings (SSSR count). The topological polar surface area (TPSA) is 58.6 Å². The summed E-state index contributed by atoms with van der Waals surface area (Å²) in [6.45, 7) is 3.65. The van der Waals surface area contributed by atoms with Crippen molar-refractivity contribution in [2.75, 3.05) is 13.2 Å². The molecule has 1 saturated carbocycles. The highest BCUT2D eigenvalue weighted by molar-refractivity contribution is 5.87. The quantitative estimate of drug-likeness (QED) is 0.774. The van der Waals surface area contributed by atoms with E-state index >= 15 is 0 Å². The van der Waals surface area contributed by atoms with E-state index < -0.39 is 5.97 Å². The molecule has 0 saturated heterocycles. The molecule has 0 heterocycles. The Hall–Kier alpha value is -1.55. The normalized spacial score (nSPS) is 22.4. The first-order chi connectivity index (χ1) is 9.15. The summed E-state index contributed by atoms with van der Waals surface area (Å²) in [4.78, 5) is 10.8. The maximum Gasteiger partial charge on any atom is 0.335 e. The van der Waals surface area contributed by atoms with Crippen molar-refractivity contribution in [3.63, 3.8) is 0 Å². The SMILES string of the molecule is CC1CCC(NCCOc2cccc(C(=O)O)c2)C1. The second-order valence-corrected chi connectivity index (χ2v) is 5.25. The third-order valence-electron chi connectivity index (χ3n) is 3.58. The van der Waals surface area contributed by atoms with Crippen LogP contribution in [0.25, 0.3) is 0 Å². The van der Waals surface area contributed by atoms with Crippen LogP contribution in [-0.4, -0.2) is 30.3 Å². The number of benzene rings is 1. The summed E-state index contributed by atoms with van der Waals surface area (Å²) >= 11 is 0. The van der Waals surface area contributed by atoms with Crippen LogP contribution in [0.2, 0.25) is 0 Å². The van der Waals surface area contributed by atoms with Gasteiger partial charge < -0.3 is 15.2 Å². The van der Waals surface area contributed by atoms with Gasteiger partial charge in [-0.1, -0.05) is 13.0 Å². The van der Waals surface area contributed by atoms with Crippen LogP contribution >= 0.6 is 0 Å². The Bertz CT molecular complexity index is 433. The third-order valence-corrected chi connectivity index (χ3v) is 3.58. The van der Waals surface area contributed by atoms with Gasteiger partial charge in [-0.05, 0) is 43.4 Å². The Labute approximate surface area is 113 Å². The van der Waals surface area contributed by atoms with E-state index in [1.165, 1.54) is 19.3 Å². The Balaban J connectivity index is 1.70. The molecule has 1 aromatic rings. The maximum atomic E-state index is 10.8.